The van der Waals surface area contributed by atoms with E-state index in [1.54, 1.807) is 13.2 Å². The third kappa shape index (κ3) is 2.15. The zero-order valence-electron chi connectivity index (χ0n) is 9.69. The standard InChI is InChI=1S/C13H13NO3/c1-16-12-6-4-3-5-9(12)10-7-8-11(14-10)13(15)17-2/h3-8,14H,1-2H3. The number of methoxy groups -OCH3 is 2. The van der Waals surface area contributed by atoms with E-state index in [1.807, 2.05) is 30.3 Å². The van der Waals surface area contributed by atoms with E-state index in [9.17, 15) is 4.79 Å². The molecule has 1 N–H and O–H groups in total. The molecule has 4 heteroatoms. The van der Waals surface area contributed by atoms with Crippen molar-refractivity contribution in [2.45, 2.75) is 0 Å². The number of rotatable bonds is 3. The van der Waals surface area contributed by atoms with E-state index in [2.05, 4.69) is 9.72 Å². The molecule has 2 rings (SSSR count). The predicted octanol–water partition coefficient (Wildman–Crippen LogP) is 2.48. The Morgan fingerprint density at radius 3 is 2.59 bits per heavy atom. The van der Waals surface area contributed by atoms with Gasteiger partial charge in [0.1, 0.15) is 11.4 Å². The third-order valence-electron chi connectivity index (χ3n) is 2.49. The molecule has 1 heterocycles. The Hall–Kier alpha value is -2.23. The van der Waals surface area contributed by atoms with Crippen LogP contribution in [0.15, 0.2) is 36.4 Å². The van der Waals surface area contributed by atoms with Gasteiger partial charge in [-0.15, -0.1) is 0 Å². The number of aromatic amines is 1. The van der Waals surface area contributed by atoms with Crippen LogP contribution in [0.25, 0.3) is 11.3 Å². The van der Waals surface area contributed by atoms with Crippen LogP contribution in [-0.2, 0) is 4.74 Å². The van der Waals surface area contributed by atoms with Gasteiger partial charge in [0.05, 0.1) is 14.2 Å². The number of hydrogen-bond donors (Lipinski definition) is 1. The van der Waals surface area contributed by atoms with Gasteiger partial charge < -0.3 is 14.5 Å². The van der Waals surface area contributed by atoms with Gasteiger partial charge in [-0.2, -0.15) is 0 Å². The minimum absolute atomic E-state index is 0.383. The lowest BCUT2D eigenvalue weighted by atomic mass is 10.1. The normalized spacial score (nSPS) is 10.0. The summed E-state index contributed by atoms with van der Waals surface area (Å²) in [6.07, 6.45) is 0. The number of nitrogens with one attached hydrogen (secondary N) is 1. The van der Waals surface area contributed by atoms with Crippen LogP contribution in [0.4, 0.5) is 0 Å². The molecule has 2 aromatic rings. The molecule has 0 radical (unpaired) electrons. The molecule has 0 bridgehead atoms. The topological polar surface area (TPSA) is 51.3 Å². The average molecular weight is 231 g/mol. The van der Waals surface area contributed by atoms with Crippen molar-refractivity contribution in [2.24, 2.45) is 0 Å². The lowest BCUT2D eigenvalue weighted by Gasteiger charge is -2.05. The van der Waals surface area contributed by atoms with Crippen LogP contribution in [0.2, 0.25) is 0 Å². The maximum atomic E-state index is 11.3. The Morgan fingerprint density at radius 1 is 1.12 bits per heavy atom. The fourth-order valence-corrected chi connectivity index (χ4v) is 1.65. The summed E-state index contributed by atoms with van der Waals surface area (Å²) in [5.41, 5.74) is 2.15. The highest BCUT2D eigenvalue weighted by atomic mass is 16.5. The van der Waals surface area contributed by atoms with Crippen molar-refractivity contribution in [3.63, 3.8) is 0 Å². The maximum absolute atomic E-state index is 11.3. The van der Waals surface area contributed by atoms with Crippen molar-refractivity contribution in [3.05, 3.63) is 42.1 Å². The Balaban J connectivity index is 2.40. The number of para-hydroxylation sites is 1. The second-order valence-corrected chi connectivity index (χ2v) is 3.48. The molecule has 17 heavy (non-hydrogen) atoms. The van der Waals surface area contributed by atoms with Gasteiger partial charge in [0.2, 0.25) is 0 Å². The fourth-order valence-electron chi connectivity index (χ4n) is 1.65. The minimum atomic E-state index is -0.383. The van der Waals surface area contributed by atoms with Gasteiger partial charge in [0.25, 0.3) is 0 Å². The number of benzene rings is 1. The third-order valence-corrected chi connectivity index (χ3v) is 2.49. The molecule has 0 fully saturated rings. The Morgan fingerprint density at radius 2 is 1.88 bits per heavy atom. The van der Waals surface area contributed by atoms with E-state index in [-0.39, 0.29) is 5.97 Å². The van der Waals surface area contributed by atoms with Crippen molar-refractivity contribution < 1.29 is 14.3 Å². The molecule has 88 valence electrons. The molecule has 0 unspecified atom stereocenters. The number of ether oxygens (including phenoxy) is 2. The molecular weight excluding hydrogens is 218 g/mol. The summed E-state index contributed by atoms with van der Waals surface area (Å²) in [6, 6.07) is 11.1. The highest BCUT2D eigenvalue weighted by molar-refractivity contribution is 5.88. The molecule has 1 aromatic heterocycles. The summed E-state index contributed by atoms with van der Waals surface area (Å²) >= 11 is 0. The maximum Gasteiger partial charge on any atom is 0.354 e. The van der Waals surface area contributed by atoms with Gasteiger partial charge in [-0.3, -0.25) is 0 Å². The van der Waals surface area contributed by atoms with E-state index in [4.69, 9.17) is 4.74 Å². The van der Waals surface area contributed by atoms with Crippen LogP contribution in [0.5, 0.6) is 5.75 Å². The van der Waals surface area contributed by atoms with E-state index in [0.717, 1.165) is 17.0 Å². The zero-order valence-corrected chi connectivity index (χ0v) is 9.69. The second kappa shape index (κ2) is 4.74. The number of aromatic nitrogens is 1. The largest absolute Gasteiger partial charge is 0.496 e. The first-order valence-electron chi connectivity index (χ1n) is 5.17. The Kier molecular flexibility index (Phi) is 3.14. The van der Waals surface area contributed by atoms with E-state index in [0.29, 0.717) is 5.69 Å². The molecule has 0 saturated heterocycles. The molecule has 0 amide bonds. The fraction of sp³-hybridized carbons (Fsp3) is 0.154. The monoisotopic (exact) mass is 231 g/mol. The number of carbonyl (C=O) groups excluding carboxylic acids is 1. The highest BCUT2D eigenvalue weighted by Crippen LogP contribution is 2.28. The van der Waals surface area contributed by atoms with Crippen LogP contribution >= 0.6 is 0 Å². The SMILES string of the molecule is COC(=O)c1ccc(-c2ccccc2OC)[nH]1. The van der Waals surface area contributed by atoms with Crippen LogP contribution in [0.1, 0.15) is 10.5 Å². The first-order chi connectivity index (χ1) is 8.26. The van der Waals surface area contributed by atoms with Crippen LogP contribution < -0.4 is 4.74 Å². The number of esters is 1. The lowest BCUT2D eigenvalue weighted by molar-refractivity contribution is 0.0595. The van der Waals surface area contributed by atoms with Gasteiger partial charge in [-0.25, -0.2) is 4.79 Å². The summed E-state index contributed by atoms with van der Waals surface area (Å²) in [5.74, 6) is 0.372. The van der Waals surface area contributed by atoms with E-state index in [1.165, 1.54) is 7.11 Å². The first kappa shape index (κ1) is 11.3. The van der Waals surface area contributed by atoms with Gasteiger partial charge in [0, 0.05) is 11.3 Å². The molecule has 0 saturated carbocycles. The molecule has 0 aliphatic rings. The summed E-state index contributed by atoms with van der Waals surface area (Å²) in [7, 11) is 2.97. The van der Waals surface area contributed by atoms with Gasteiger partial charge >= 0.3 is 5.97 Å². The molecule has 4 nitrogen and oxygen atoms in total. The van der Waals surface area contributed by atoms with Crippen molar-refractivity contribution >= 4 is 5.97 Å². The quantitative estimate of drug-likeness (QED) is 0.825. The zero-order chi connectivity index (χ0) is 12.3. The van der Waals surface area contributed by atoms with E-state index < -0.39 is 0 Å². The summed E-state index contributed by atoms with van der Waals surface area (Å²) in [5, 5.41) is 0. The Bertz CT molecular complexity index is 531. The van der Waals surface area contributed by atoms with Crippen molar-refractivity contribution in [1.29, 1.82) is 0 Å². The van der Waals surface area contributed by atoms with Gasteiger partial charge in [-0.05, 0) is 24.3 Å². The average Bonchev–Trinajstić information content (AvgIpc) is 2.87. The Labute approximate surface area is 99.2 Å². The lowest BCUT2D eigenvalue weighted by Crippen LogP contribution is -2.01. The number of carbonyl (C=O) groups is 1. The molecule has 0 atom stereocenters. The van der Waals surface area contributed by atoms with E-state index >= 15 is 0 Å². The first-order valence-corrected chi connectivity index (χ1v) is 5.17. The van der Waals surface area contributed by atoms with Crippen molar-refractivity contribution in [1.82, 2.24) is 4.98 Å². The molecule has 0 aliphatic heterocycles. The van der Waals surface area contributed by atoms with Gasteiger partial charge in [0.15, 0.2) is 0 Å². The molecule has 0 spiro atoms. The van der Waals surface area contributed by atoms with Crippen molar-refractivity contribution in [3.8, 4) is 17.0 Å². The van der Waals surface area contributed by atoms with Gasteiger partial charge in [-0.1, -0.05) is 12.1 Å². The molecular formula is C13H13NO3. The van der Waals surface area contributed by atoms with Crippen LogP contribution in [0.3, 0.4) is 0 Å². The summed E-state index contributed by atoms with van der Waals surface area (Å²) in [4.78, 5) is 14.3. The number of hydrogen-bond acceptors (Lipinski definition) is 3. The predicted molar refractivity (Wildman–Crippen MR) is 64.1 cm³/mol. The van der Waals surface area contributed by atoms with Crippen LogP contribution in [0, 0.1) is 0 Å². The van der Waals surface area contributed by atoms with Crippen LogP contribution in [-0.4, -0.2) is 25.2 Å². The highest BCUT2D eigenvalue weighted by Gasteiger charge is 2.11. The second-order valence-electron chi connectivity index (χ2n) is 3.48. The minimum Gasteiger partial charge on any atom is -0.496 e. The number of H-pyrrole nitrogens is 1. The summed E-state index contributed by atoms with van der Waals surface area (Å²) < 4.78 is 9.90. The molecule has 1 aromatic carbocycles. The molecule has 0 aliphatic carbocycles. The smallest absolute Gasteiger partial charge is 0.354 e. The van der Waals surface area contributed by atoms with Crippen molar-refractivity contribution in [2.75, 3.05) is 14.2 Å². The summed E-state index contributed by atoms with van der Waals surface area (Å²) in [6.45, 7) is 0.